The fraction of sp³-hybridized carbons (Fsp3) is 0.300. The highest BCUT2D eigenvalue weighted by atomic mass is 79.9. The Morgan fingerprint density at radius 1 is 1.50 bits per heavy atom. The van der Waals surface area contributed by atoms with Crippen LogP contribution in [0.4, 0.5) is 5.69 Å². The molecule has 0 amide bonds. The molecule has 0 N–H and O–H groups in total. The lowest BCUT2D eigenvalue weighted by molar-refractivity contribution is -0.384. The molecular formula is C10H10BrNO4. The minimum Gasteiger partial charge on any atom is -0.465 e. The van der Waals surface area contributed by atoms with Gasteiger partial charge < -0.3 is 4.74 Å². The van der Waals surface area contributed by atoms with Crippen LogP contribution < -0.4 is 0 Å². The molecule has 1 rings (SSSR count). The highest BCUT2D eigenvalue weighted by Gasteiger charge is 2.18. The highest BCUT2D eigenvalue weighted by molar-refractivity contribution is 9.09. The van der Waals surface area contributed by atoms with Crippen molar-refractivity contribution in [3.8, 4) is 0 Å². The van der Waals surface area contributed by atoms with Crippen LogP contribution in [0.3, 0.4) is 0 Å². The third-order valence-corrected chi connectivity index (χ3v) is 2.79. The zero-order chi connectivity index (χ0) is 12.1. The number of ether oxygens (including phenoxy) is 1. The Labute approximate surface area is 101 Å². The predicted octanol–water partition coefficient (Wildman–Crippen LogP) is 2.59. The average molecular weight is 288 g/mol. The van der Waals surface area contributed by atoms with E-state index in [0.717, 1.165) is 0 Å². The maximum Gasteiger partial charge on any atom is 0.324 e. The molecule has 0 aliphatic heterocycles. The van der Waals surface area contributed by atoms with Gasteiger partial charge in [-0.05, 0) is 12.5 Å². The van der Waals surface area contributed by atoms with Crippen molar-refractivity contribution in [3.63, 3.8) is 0 Å². The molecule has 1 aromatic carbocycles. The van der Waals surface area contributed by atoms with E-state index in [0.29, 0.717) is 12.2 Å². The van der Waals surface area contributed by atoms with E-state index in [9.17, 15) is 14.9 Å². The van der Waals surface area contributed by atoms with Crippen LogP contribution in [0.2, 0.25) is 0 Å². The van der Waals surface area contributed by atoms with Crippen molar-refractivity contribution in [2.75, 3.05) is 6.61 Å². The summed E-state index contributed by atoms with van der Waals surface area (Å²) in [5.74, 6) is -0.406. The molecule has 0 aliphatic carbocycles. The van der Waals surface area contributed by atoms with Crippen LogP contribution in [0.5, 0.6) is 0 Å². The van der Waals surface area contributed by atoms with Gasteiger partial charge in [0.2, 0.25) is 0 Å². The SMILES string of the molecule is CCOC(=O)[C@@H](Br)c1ccc([N+](=O)[O-])cc1. The maximum atomic E-state index is 11.4. The standard InChI is InChI=1S/C10H10BrNO4/c1-2-16-10(13)9(11)7-3-5-8(6-4-7)12(14)15/h3-6,9H,2H2,1H3/t9-/m0/s1. The van der Waals surface area contributed by atoms with Gasteiger partial charge in [0.25, 0.3) is 5.69 Å². The Morgan fingerprint density at radius 2 is 2.06 bits per heavy atom. The fourth-order valence-electron chi connectivity index (χ4n) is 1.12. The molecule has 6 heteroatoms. The van der Waals surface area contributed by atoms with Crippen LogP contribution in [0, 0.1) is 10.1 Å². The Morgan fingerprint density at radius 3 is 2.50 bits per heavy atom. The van der Waals surface area contributed by atoms with Gasteiger partial charge in [0.05, 0.1) is 11.5 Å². The van der Waals surface area contributed by atoms with E-state index in [4.69, 9.17) is 4.74 Å². The lowest BCUT2D eigenvalue weighted by Gasteiger charge is -2.08. The third-order valence-electron chi connectivity index (χ3n) is 1.89. The second-order valence-electron chi connectivity index (χ2n) is 2.96. The van der Waals surface area contributed by atoms with Gasteiger partial charge in [-0.3, -0.25) is 14.9 Å². The number of nitro groups is 1. The average Bonchev–Trinajstić information content (AvgIpc) is 2.28. The van der Waals surface area contributed by atoms with Gasteiger partial charge in [-0.1, -0.05) is 28.1 Å². The van der Waals surface area contributed by atoms with Gasteiger partial charge in [0.1, 0.15) is 4.83 Å². The number of esters is 1. The number of carbonyl (C=O) groups is 1. The van der Waals surface area contributed by atoms with Crippen LogP contribution in [0.1, 0.15) is 17.3 Å². The molecule has 1 aromatic rings. The molecule has 0 heterocycles. The van der Waals surface area contributed by atoms with Crippen LogP contribution in [0.25, 0.3) is 0 Å². The number of alkyl halides is 1. The van der Waals surface area contributed by atoms with Gasteiger partial charge in [-0.25, -0.2) is 0 Å². The number of non-ortho nitro benzene ring substituents is 1. The second-order valence-corrected chi connectivity index (χ2v) is 3.88. The number of nitrogens with zero attached hydrogens (tertiary/aromatic N) is 1. The molecule has 0 spiro atoms. The van der Waals surface area contributed by atoms with Gasteiger partial charge >= 0.3 is 5.97 Å². The van der Waals surface area contributed by atoms with E-state index in [-0.39, 0.29) is 5.69 Å². The summed E-state index contributed by atoms with van der Waals surface area (Å²) in [6.07, 6.45) is 0. The second kappa shape index (κ2) is 5.60. The first kappa shape index (κ1) is 12.6. The number of nitro benzene ring substituents is 1. The Balaban J connectivity index is 2.81. The summed E-state index contributed by atoms with van der Waals surface area (Å²) in [4.78, 5) is 20.7. The maximum absolute atomic E-state index is 11.4. The lowest BCUT2D eigenvalue weighted by Crippen LogP contribution is -2.10. The molecule has 0 unspecified atom stereocenters. The number of carbonyl (C=O) groups excluding carboxylic acids is 1. The summed E-state index contributed by atoms with van der Waals surface area (Å²) in [5.41, 5.74) is 0.622. The summed E-state index contributed by atoms with van der Waals surface area (Å²) in [6, 6.07) is 5.74. The Kier molecular flexibility index (Phi) is 4.42. The first-order chi connectivity index (χ1) is 7.56. The van der Waals surface area contributed by atoms with E-state index >= 15 is 0 Å². The Hall–Kier alpha value is -1.43. The van der Waals surface area contributed by atoms with E-state index in [1.807, 2.05) is 0 Å². The van der Waals surface area contributed by atoms with E-state index in [1.165, 1.54) is 24.3 Å². The van der Waals surface area contributed by atoms with E-state index < -0.39 is 15.7 Å². The number of rotatable bonds is 4. The summed E-state index contributed by atoms with van der Waals surface area (Å²) >= 11 is 3.17. The van der Waals surface area contributed by atoms with Crippen molar-refractivity contribution >= 4 is 27.6 Å². The fourth-order valence-corrected chi connectivity index (χ4v) is 1.55. The van der Waals surface area contributed by atoms with E-state index in [2.05, 4.69) is 15.9 Å². The number of halogens is 1. The van der Waals surface area contributed by atoms with Crippen LogP contribution in [0.15, 0.2) is 24.3 Å². The van der Waals surface area contributed by atoms with Crippen molar-refractivity contribution in [1.82, 2.24) is 0 Å². The van der Waals surface area contributed by atoms with Crippen molar-refractivity contribution in [2.45, 2.75) is 11.8 Å². The summed E-state index contributed by atoms with van der Waals surface area (Å²) in [7, 11) is 0. The van der Waals surface area contributed by atoms with Gasteiger partial charge in [-0.15, -0.1) is 0 Å². The first-order valence-electron chi connectivity index (χ1n) is 4.61. The molecule has 0 fully saturated rings. The van der Waals surface area contributed by atoms with Crippen molar-refractivity contribution < 1.29 is 14.5 Å². The molecule has 86 valence electrons. The molecule has 0 saturated heterocycles. The number of hydrogen-bond acceptors (Lipinski definition) is 4. The molecule has 1 atom stereocenters. The van der Waals surface area contributed by atoms with Crippen molar-refractivity contribution in [3.05, 3.63) is 39.9 Å². The van der Waals surface area contributed by atoms with Gasteiger partial charge in [-0.2, -0.15) is 0 Å². The third kappa shape index (κ3) is 3.03. The molecule has 0 aromatic heterocycles. The number of benzene rings is 1. The van der Waals surface area contributed by atoms with Crippen LogP contribution in [-0.2, 0) is 9.53 Å². The summed E-state index contributed by atoms with van der Waals surface area (Å²) in [5, 5.41) is 10.4. The molecule has 0 bridgehead atoms. The normalized spacial score (nSPS) is 11.9. The van der Waals surface area contributed by atoms with Crippen LogP contribution in [-0.4, -0.2) is 17.5 Å². The smallest absolute Gasteiger partial charge is 0.324 e. The quantitative estimate of drug-likeness (QED) is 0.369. The molecule has 0 aliphatic rings. The molecule has 0 saturated carbocycles. The minimum absolute atomic E-state index is 0.00712. The largest absolute Gasteiger partial charge is 0.465 e. The summed E-state index contributed by atoms with van der Waals surface area (Å²) < 4.78 is 4.82. The molecule has 0 radical (unpaired) electrons. The lowest BCUT2D eigenvalue weighted by atomic mass is 10.1. The van der Waals surface area contributed by atoms with Gasteiger partial charge in [0.15, 0.2) is 0 Å². The highest BCUT2D eigenvalue weighted by Crippen LogP contribution is 2.25. The molecule has 16 heavy (non-hydrogen) atoms. The van der Waals surface area contributed by atoms with Crippen molar-refractivity contribution in [2.24, 2.45) is 0 Å². The van der Waals surface area contributed by atoms with Crippen LogP contribution >= 0.6 is 15.9 Å². The molecule has 5 nitrogen and oxygen atoms in total. The number of hydrogen-bond donors (Lipinski definition) is 0. The monoisotopic (exact) mass is 287 g/mol. The Bertz CT molecular complexity index is 390. The van der Waals surface area contributed by atoms with Crippen molar-refractivity contribution in [1.29, 1.82) is 0 Å². The predicted molar refractivity (Wildman–Crippen MR) is 61.4 cm³/mol. The van der Waals surface area contributed by atoms with Gasteiger partial charge in [0, 0.05) is 12.1 Å². The zero-order valence-corrected chi connectivity index (χ0v) is 10.1. The summed E-state index contributed by atoms with van der Waals surface area (Å²) in [6.45, 7) is 2.02. The van der Waals surface area contributed by atoms with E-state index in [1.54, 1.807) is 6.92 Å². The topological polar surface area (TPSA) is 69.4 Å². The first-order valence-corrected chi connectivity index (χ1v) is 5.53. The minimum atomic E-state index is -0.590. The molecular weight excluding hydrogens is 278 g/mol. The zero-order valence-electron chi connectivity index (χ0n) is 8.55.